The lowest BCUT2D eigenvalue weighted by Crippen LogP contribution is -2.69. The van der Waals surface area contributed by atoms with Gasteiger partial charge in [-0.25, -0.2) is 0 Å². The molecule has 6 aromatic carbocycles. The fourth-order valence-electron chi connectivity index (χ4n) is 9.71. The maximum Gasteiger partial charge on any atom is 0.221 e. The first-order valence-corrected chi connectivity index (χ1v) is 20.4. The summed E-state index contributed by atoms with van der Waals surface area (Å²) in [7, 11) is 0. The lowest BCUT2D eigenvalue weighted by Gasteiger charge is -2.48. The van der Waals surface area contributed by atoms with Crippen LogP contribution < -0.4 is 4.57 Å². The predicted molar refractivity (Wildman–Crippen MR) is 231 cm³/mol. The van der Waals surface area contributed by atoms with Crippen LogP contribution in [-0.4, -0.2) is 0 Å². The Kier molecular flexibility index (Phi) is 9.84. The van der Waals surface area contributed by atoms with E-state index in [0.717, 1.165) is 32.1 Å². The van der Waals surface area contributed by atoms with Crippen LogP contribution in [0.4, 0.5) is 0 Å². The highest BCUT2D eigenvalue weighted by Gasteiger charge is 2.59. The van der Waals surface area contributed by atoms with Crippen LogP contribution in [0.25, 0.3) is 66.5 Å². The molecule has 0 bridgehead atoms. The van der Waals surface area contributed by atoms with Gasteiger partial charge in [0.15, 0.2) is 11.7 Å². The first kappa shape index (κ1) is 35.7. The number of hydrogen-bond acceptors (Lipinski definition) is 0. The van der Waals surface area contributed by atoms with Crippen LogP contribution in [-0.2, 0) is 17.4 Å². The van der Waals surface area contributed by atoms with E-state index in [1.54, 1.807) is 0 Å². The summed E-state index contributed by atoms with van der Waals surface area (Å²) in [6.45, 7) is 11.9. The quantitative estimate of drug-likeness (QED) is 0.118. The van der Waals surface area contributed by atoms with E-state index in [4.69, 9.17) is 0 Å². The van der Waals surface area contributed by atoms with Crippen LogP contribution in [0, 0.1) is 0 Å². The van der Waals surface area contributed by atoms with Crippen molar-refractivity contribution in [2.24, 2.45) is 0 Å². The Morgan fingerprint density at radius 2 is 1.09 bits per heavy atom. The van der Waals surface area contributed by atoms with Crippen LogP contribution >= 0.6 is 0 Å². The van der Waals surface area contributed by atoms with Crippen molar-refractivity contribution in [3.8, 4) is 55.8 Å². The number of benzene rings is 6. The van der Waals surface area contributed by atoms with Gasteiger partial charge in [-0.2, -0.15) is 4.57 Å². The van der Waals surface area contributed by atoms with Crippen molar-refractivity contribution in [1.82, 2.24) is 0 Å². The molecule has 0 N–H and O–H groups in total. The first-order chi connectivity index (χ1) is 26.4. The molecule has 0 amide bonds. The molecular formula is C53H54N+. The standard InChI is InChI=1S/C53H54N/c1-6-10-17-38-24-26-40(27-25-38)46-34-45(39-18-12-11-13-19-39)35-47(36-46)43-22-16-21-42(33-43)44-28-29-50-49(37-44)51-48-23-15-14-20-41(48)30-32-54(51)53(9-4,31-7-2)52(50,5)8-3/h11-16,18-30,32-37H,6-10,17,31H2,1-5H3/q+1. The number of pyridine rings is 1. The van der Waals surface area contributed by atoms with Crippen LogP contribution in [0.1, 0.15) is 84.3 Å². The van der Waals surface area contributed by atoms with E-state index in [-0.39, 0.29) is 11.0 Å². The van der Waals surface area contributed by atoms with Gasteiger partial charge < -0.3 is 0 Å². The van der Waals surface area contributed by atoms with Gasteiger partial charge in [0.05, 0.1) is 16.4 Å². The number of aryl methyl sites for hydroxylation is 1. The summed E-state index contributed by atoms with van der Waals surface area (Å²) < 4.78 is 2.69. The second-order valence-electron chi connectivity index (χ2n) is 15.7. The van der Waals surface area contributed by atoms with Crippen LogP contribution in [0.2, 0.25) is 0 Å². The molecule has 270 valence electrons. The Morgan fingerprint density at radius 3 is 1.78 bits per heavy atom. The minimum Gasteiger partial charge on any atom is -0.191 e. The topological polar surface area (TPSA) is 3.88 Å². The van der Waals surface area contributed by atoms with Crippen LogP contribution in [0.15, 0.2) is 152 Å². The van der Waals surface area contributed by atoms with Crippen LogP contribution in [0.3, 0.4) is 0 Å². The van der Waals surface area contributed by atoms with Gasteiger partial charge in [-0.15, -0.1) is 0 Å². The number of fused-ring (bicyclic) bond motifs is 5. The van der Waals surface area contributed by atoms with Gasteiger partial charge in [0, 0.05) is 18.9 Å². The van der Waals surface area contributed by atoms with Gasteiger partial charge in [0.2, 0.25) is 5.69 Å². The number of aromatic nitrogens is 1. The molecular weight excluding hydrogens is 651 g/mol. The first-order valence-electron chi connectivity index (χ1n) is 20.4. The largest absolute Gasteiger partial charge is 0.221 e. The molecule has 1 aromatic heterocycles. The highest BCUT2D eigenvalue weighted by atomic mass is 15.1. The Labute approximate surface area is 323 Å². The van der Waals surface area contributed by atoms with Crippen molar-refractivity contribution < 1.29 is 4.57 Å². The van der Waals surface area contributed by atoms with Gasteiger partial charge >= 0.3 is 0 Å². The minimum atomic E-state index is -0.00389. The molecule has 1 aliphatic heterocycles. The molecule has 0 aliphatic carbocycles. The lowest BCUT2D eigenvalue weighted by molar-refractivity contribution is -0.769. The Hall–Kier alpha value is -5.27. The fourth-order valence-corrected chi connectivity index (χ4v) is 9.71. The van der Waals surface area contributed by atoms with E-state index < -0.39 is 0 Å². The number of nitrogens with zero attached hydrogens (tertiary/aromatic N) is 1. The van der Waals surface area contributed by atoms with E-state index in [1.165, 1.54) is 90.5 Å². The Balaban J connectivity index is 1.27. The van der Waals surface area contributed by atoms with Crippen molar-refractivity contribution in [1.29, 1.82) is 0 Å². The summed E-state index contributed by atoms with van der Waals surface area (Å²) in [5.41, 5.74) is 15.6. The van der Waals surface area contributed by atoms with Crippen molar-refractivity contribution in [2.45, 2.75) is 90.5 Å². The molecule has 1 aliphatic rings. The molecule has 2 atom stereocenters. The number of unbranched alkanes of at least 4 members (excludes halogenated alkanes) is 1. The zero-order valence-electron chi connectivity index (χ0n) is 32.8. The van der Waals surface area contributed by atoms with E-state index >= 15 is 0 Å². The number of hydrogen-bond donors (Lipinski definition) is 0. The summed E-state index contributed by atoms with van der Waals surface area (Å²) in [5.74, 6) is 0. The summed E-state index contributed by atoms with van der Waals surface area (Å²) in [4.78, 5) is 0. The average molecular weight is 705 g/mol. The molecule has 2 unspecified atom stereocenters. The summed E-state index contributed by atoms with van der Waals surface area (Å²) in [6, 6.07) is 55.0. The van der Waals surface area contributed by atoms with E-state index in [9.17, 15) is 0 Å². The summed E-state index contributed by atoms with van der Waals surface area (Å²) in [6.07, 6.45) is 10.5. The molecule has 0 radical (unpaired) electrons. The third-order valence-corrected chi connectivity index (χ3v) is 12.8. The second kappa shape index (κ2) is 14.9. The third-order valence-electron chi connectivity index (χ3n) is 12.8. The maximum absolute atomic E-state index is 2.69. The second-order valence-corrected chi connectivity index (χ2v) is 15.7. The zero-order valence-corrected chi connectivity index (χ0v) is 32.8. The zero-order chi connectivity index (χ0) is 37.3. The SMILES string of the molecule is CCCCc1ccc(-c2cc(-c3ccccc3)cc(-c3cccc(-c4ccc5c(c4)-c4c6ccccc6cc[n+]4C(CC)(CCC)C5(C)CC)c3)c2)cc1. The van der Waals surface area contributed by atoms with E-state index in [1.807, 2.05) is 0 Å². The smallest absolute Gasteiger partial charge is 0.191 e. The van der Waals surface area contributed by atoms with Gasteiger partial charge in [-0.05, 0) is 130 Å². The monoisotopic (exact) mass is 704 g/mol. The molecule has 54 heavy (non-hydrogen) atoms. The van der Waals surface area contributed by atoms with Crippen molar-refractivity contribution in [3.05, 3.63) is 163 Å². The third kappa shape index (κ3) is 6.08. The lowest BCUT2D eigenvalue weighted by atomic mass is 9.58. The highest BCUT2D eigenvalue weighted by Crippen LogP contribution is 2.53. The molecule has 0 spiro atoms. The van der Waals surface area contributed by atoms with Crippen LogP contribution in [0.5, 0.6) is 0 Å². The van der Waals surface area contributed by atoms with Gasteiger partial charge in [-0.1, -0.05) is 137 Å². The summed E-state index contributed by atoms with van der Waals surface area (Å²) >= 11 is 0. The molecule has 0 saturated heterocycles. The molecule has 7 aromatic rings. The normalized spacial score (nSPS) is 17.6. The fraction of sp³-hybridized carbons (Fsp3) is 0.264. The highest BCUT2D eigenvalue weighted by molar-refractivity contribution is 5.95. The molecule has 0 saturated carbocycles. The van der Waals surface area contributed by atoms with Gasteiger partial charge in [-0.3, -0.25) is 0 Å². The van der Waals surface area contributed by atoms with E-state index in [2.05, 4.69) is 191 Å². The number of rotatable bonds is 11. The predicted octanol–water partition coefficient (Wildman–Crippen LogP) is 14.4. The van der Waals surface area contributed by atoms with Gasteiger partial charge in [0.25, 0.3) is 0 Å². The summed E-state index contributed by atoms with van der Waals surface area (Å²) in [5, 5.41) is 2.64. The maximum atomic E-state index is 2.69. The molecule has 1 heteroatoms. The van der Waals surface area contributed by atoms with Gasteiger partial charge in [0.1, 0.15) is 0 Å². The molecule has 8 rings (SSSR count). The Bertz CT molecular complexity index is 2420. The van der Waals surface area contributed by atoms with Crippen molar-refractivity contribution in [3.63, 3.8) is 0 Å². The van der Waals surface area contributed by atoms with E-state index in [0.29, 0.717) is 0 Å². The molecule has 1 nitrogen and oxygen atoms in total. The average Bonchev–Trinajstić information content (AvgIpc) is 3.24. The van der Waals surface area contributed by atoms with Crippen molar-refractivity contribution >= 4 is 10.8 Å². The van der Waals surface area contributed by atoms with Crippen molar-refractivity contribution in [2.75, 3.05) is 0 Å². The molecule has 2 heterocycles. The Morgan fingerprint density at radius 1 is 0.500 bits per heavy atom. The molecule has 0 fully saturated rings. The minimum absolute atomic E-state index is 0.00159.